The molecule has 0 aliphatic carbocycles. The summed E-state index contributed by atoms with van der Waals surface area (Å²) >= 11 is 0. The summed E-state index contributed by atoms with van der Waals surface area (Å²) in [5, 5.41) is 9.91. The molecule has 3 amide bonds. The summed E-state index contributed by atoms with van der Waals surface area (Å²) < 4.78 is 126. The molecule has 0 unspecified atom stereocenters. The smallest absolute Gasteiger partial charge is 0.382 e. The summed E-state index contributed by atoms with van der Waals surface area (Å²) in [5.41, 5.74) is 21.2. The first-order valence-corrected chi connectivity index (χ1v) is 39.0. The van der Waals surface area contributed by atoms with Gasteiger partial charge in [0.25, 0.3) is 17.7 Å². The molecular formula is C90H84F9N21O3. The fourth-order valence-corrected chi connectivity index (χ4v) is 14.4. The number of carbonyl (C=O) groups is 3. The van der Waals surface area contributed by atoms with Crippen LogP contribution < -0.4 is 33.2 Å². The highest BCUT2D eigenvalue weighted by molar-refractivity contribution is 6.06. The predicted octanol–water partition coefficient (Wildman–Crippen LogP) is 13.2. The van der Waals surface area contributed by atoms with Crippen LogP contribution in [-0.2, 0) is 38.2 Å². The molecular weight excluding hydrogens is 1590 g/mol. The average Bonchev–Trinajstić information content (AvgIpc) is 0.839. The topological polar surface area (TPSA) is 301 Å². The van der Waals surface area contributed by atoms with E-state index in [4.69, 9.17) is 17.2 Å². The standard InChI is InChI=1S/3C30H28F3N7O/c1-19-17-40(11-10-39(19)2)18-22-7-8-24(13-26(22)30(31,32)33)38-29(41)23-12-20(14-35-15-23)5-6-21-16-37-28(34)27-25(21)4-3-9-36-27;2*1-19-17-39(2)10-11-40(19)18-22-7-8-24(13-26(22)30(31,32)33)38-29(41)23-12-20(14-35-15-23)5-6-21-16-37-28(34)27-25(21)4-3-9-36-27/h3*3-4,7-9,12-16,19H,10-11,17-18H2,1-2H3,(H2,34,37)(H,38,41)/t3*19-/m110/s1. The highest BCUT2D eigenvalue weighted by Gasteiger charge is 2.38. The van der Waals surface area contributed by atoms with Gasteiger partial charge in [-0.25, -0.2) is 15.0 Å². The van der Waals surface area contributed by atoms with Gasteiger partial charge in [0.2, 0.25) is 0 Å². The molecule has 9 aromatic heterocycles. The van der Waals surface area contributed by atoms with Gasteiger partial charge in [0.1, 0.15) is 34.0 Å². The third-order valence-corrected chi connectivity index (χ3v) is 21.2. The summed E-state index contributed by atoms with van der Waals surface area (Å²) in [6.45, 7) is 13.3. The van der Waals surface area contributed by atoms with Crippen LogP contribution in [0.1, 0.15) is 119 Å². The number of likely N-dealkylation sites (N-methyl/N-ethyl adjacent to an activating group) is 3. The Morgan fingerprint density at radius 3 is 1.04 bits per heavy atom. The number of piperazine rings is 3. The molecule has 12 heterocycles. The number of nitrogens with one attached hydrogen (secondary N) is 3. The lowest BCUT2D eigenvalue weighted by Crippen LogP contribution is -2.49. The number of hydrogen-bond acceptors (Lipinski definition) is 21. The molecule has 0 radical (unpaired) electrons. The van der Waals surface area contributed by atoms with Gasteiger partial charge in [0.15, 0.2) is 0 Å². The van der Waals surface area contributed by atoms with Gasteiger partial charge in [-0.15, -0.1) is 0 Å². The number of nitrogen functional groups attached to an aromatic ring is 3. The summed E-state index contributed by atoms with van der Waals surface area (Å²) in [7, 11) is 6.01. The minimum atomic E-state index is -4.57. The van der Waals surface area contributed by atoms with Gasteiger partial charge in [0.05, 0.1) is 50.1 Å². The van der Waals surface area contributed by atoms with E-state index in [1.165, 1.54) is 91.8 Å². The minimum absolute atomic E-state index is 0.0425. The number of pyridine rings is 9. The quantitative estimate of drug-likeness (QED) is 0.0489. The van der Waals surface area contributed by atoms with Crippen LogP contribution >= 0.6 is 0 Å². The molecule has 3 saturated heterocycles. The van der Waals surface area contributed by atoms with Crippen molar-refractivity contribution in [1.29, 1.82) is 0 Å². The van der Waals surface area contributed by atoms with Crippen LogP contribution in [0.2, 0.25) is 0 Å². The first kappa shape index (κ1) is 87.2. The average molecular weight is 1680 g/mol. The van der Waals surface area contributed by atoms with Crippen molar-refractivity contribution >= 4 is 84.9 Å². The summed E-state index contributed by atoms with van der Waals surface area (Å²) in [6, 6.07) is 27.6. The molecule has 3 aromatic carbocycles. The molecule has 15 rings (SSSR count). The molecule has 0 bridgehead atoms. The van der Waals surface area contributed by atoms with Crippen molar-refractivity contribution in [3.8, 4) is 35.5 Å². The van der Waals surface area contributed by atoms with Crippen molar-refractivity contribution in [2.45, 2.75) is 77.1 Å². The SMILES string of the molecule is C[C@@H]1CN(C)CCN1Cc1ccc(NC(=O)c2cncc(C#Cc3cnc(N)c4ncccc34)c2)cc1C(F)(F)F.C[C@@H]1CN(Cc2ccc(NC(=O)c3cncc(C#Cc4cnc(N)c5ncccc45)c3)cc2C(F)(F)F)CCN1C.C[C@H]1CN(C)CCN1Cc1ccc(NC(=O)c2cncc(C#Cc3cnc(N)c4ncccc34)c2)cc1C(F)(F)F. The van der Waals surface area contributed by atoms with Gasteiger partial charge in [0, 0.05) is 221 Å². The largest absolute Gasteiger partial charge is 0.416 e. The Bertz CT molecular complexity index is 5910. The Hall–Kier alpha value is -13.6. The minimum Gasteiger partial charge on any atom is -0.382 e. The molecule has 9 N–H and O–H groups in total. The van der Waals surface area contributed by atoms with E-state index in [9.17, 15) is 53.9 Å². The van der Waals surface area contributed by atoms with E-state index in [2.05, 4.69) is 118 Å². The highest BCUT2D eigenvalue weighted by Crippen LogP contribution is 2.39. The zero-order valence-corrected chi connectivity index (χ0v) is 67.6. The molecule has 3 aliphatic heterocycles. The van der Waals surface area contributed by atoms with Crippen LogP contribution in [0.15, 0.2) is 184 Å². The molecule has 33 heteroatoms. The van der Waals surface area contributed by atoms with Crippen LogP contribution in [0.5, 0.6) is 0 Å². The number of fused-ring (bicyclic) bond motifs is 3. The first-order chi connectivity index (χ1) is 58.7. The predicted molar refractivity (Wildman–Crippen MR) is 453 cm³/mol. The third-order valence-electron chi connectivity index (χ3n) is 21.2. The number of alkyl halides is 9. The van der Waals surface area contributed by atoms with Crippen LogP contribution in [0.25, 0.3) is 32.7 Å². The Labute approximate surface area is 702 Å². The first-order valence-electron chi connectivity index (χ1n) is 39.0. The molecule has 3 atom stereocenters. The second-order valence-corrected chi connectivity index (χ2v) is 30.2. The lowest BCUT2D eigenvalue weighted by molar-refractivity contribution is -0.139. The molecule has 3 fully saturated rings. The molecule has 3 aliphatic rings. The fraction of sp³-hybridized carbons (Fsp3) is 0.267. The third kappa shape index (κ3) is 22.2. The van der Waals surface area contributed by atoms with E-state index in [0.717, 1.165) is 67.1 Å². The Morgan fingerprint density at radius 1 is 0.390 bits per heavy atom. The Kier molecular flexibility index (Phi) is 27.0. The Balaban J connectivity index is 0.000000159. The van der Waals surface area contributed by atoms with Gasteiger partial charge in [-0.2, -0.15) is 39.5 Å². The fourth-order valence-electron chi connectivity index (χ4n) is 14.4. The molecule has 12 aromatic rings. The number of aromatic nitrogens is 9. The molecule has 0 saturated carbocycles. The lowest BCUT2D eigenvalue weighted by atomic mass is 10.0. The van der Waals surface area contributed by atoms with E-state index in [1.807, 2.05) is 67.9 Å². The maximum atomic E-state index is 14.0. The lowest BCUT2D eigenvalue weighted by Gasteiger charge is -2.38. The Morgan fingerprint density at radius 2 is 0.724 bits per heavy atom. The van der Waals surface area contributed by atoms with Crippen molar-refractivity contribution in [1.82, 2.24) is 74.3 Å². The zero-order chi connectivity index (χ0) is 87.4. The summed E-state index contributed by atoms with van der Waals surface area (Å²) in [5.74, 6) is 17.0. The van der Waals surface area contributed by atoms with Crippen LogP contribution in [-0.4, -0.2) is 190 Å². The second-order valence-electron chi connectivity index (χ2n) is 30.2. The van der Waals surface area contributed by atoms with E-state index in [1.54, 1.807) is 55.4 Å². The zero-order valence-electron chi connectivity index (χ0n) is 67.6. The van der Waals surface area contributed by atoms with Gasteiger partial charge >= 0.3 is 18.5 Å². The number of nitrogens with zero attached hydrogens (tertiary/aromatic N) is 15. The van der Waals surface area contributed by atoms with Crippen LogP contribution in [0.4, 0.5) is 74.0 Å². The number of benzene rings is 3. The monoisotopic (exact) mass is 1680 g/mol. The van der Waals surface area contributed by atoms with Crippen molar-refractivity contribution in [3.63, 3.8) is 0 Å². The van der Waals surface area contributed by atoms with Crippen molar-refractivity contribution < 1.29 is 53.9 Å². The maximum Gasteiger partial charge on any atom is 0.416 e. The highest BCUT2D eigenvalue weighted by atomic mass is 19.4. The molecule has 24 nitrogen and oxygen atoms in total. The van der Waals surface area contributed by atoms with E-state index < -0.39 is 52.9 Å². The maximum absolute atomic E-state index is 14.0. The normalized spacial score (nSPS) is 16.3. The number of anilines is 6. The second kappa shape index (κ2) is 38.0. The number of amides is 3. The number of hydrogen-bond donors (Lipinski definition) is 6. The van der Waals surface area contributed by atoms with Crippen LogP contribution in [0, 0.1) is 35.5 Å². The van der Waals surface area contributed by atoms with E-state index in [-0.39, 0.29) is 88.2 Å². The van der Waals surface area contributed by atoms with Gasteiger partial charge in [-0.3, -0.25) is 59.0 Å². The van der Waals surface area contributed by atoms with E-state index >= 15 is 0 Å². The van der Waals surface area contributed by atoms with Gasteiger partial charge < -0.3 is 47.9 Å². The van der Waals surface area contributed by atoms with Crippen molar-refractivity contribution in [2.24, 2.45) is 0 Å². The van der Waals surface area contributed by atoms with E-state index in [0.29, 0.717) is 93.6 Å². The van der Waals surface area contributed by atoms with Gasteiger partial charge in [-0.1, -0.05) is 53.7 Å². The van der Waals surface area contributed by atoms with Gasteiger partial charge in [-0.05, 0) is 150 Å². The van der Waals surface area contributed by atoms with Crippen molar-refractivity contribution in [2.75, 3.05) is 113 Å². The molecule has 630 valence electrons. The van der Waals surface area contributed by atoms with Crippen molar-refractivity contribution in [3.05, 3.63) is 267 Å². The summed E-state index contributed by atoms with van der Waals surface area (Å²) in [6.07, 6.45) is 4.23. The number of nitrogens with two attached hydrogens (primary N) is 3. The van der Waals surface area contributed by atoms with Crippen LogP contribution in [0.3, 0.4) is 0 Å². The number of halogens is 9. The number of rotatable bonds is 12. The molecule has 123 heavy (non-hydrogen) atoms. The number of carbonyl (C=O) groups excluding carboxylic acids is 3. The summed E-state index contributed by atoms with van der Waals surface area (Å²) in [4.78, 5) is 88.9. The molecule has 0 spiro atoms.